The van der Waals surface area contributed by atoms with Crippen molar-refractivity contribution in [1.29, 1.82) is 0 Å². The van der Waals surface area contributed by atoms with Crippen LogP contribution in [-0.2, 0) is 0 Å². The van der Waals surface area contributed by atoms with Gasteiger partial charge in [0.1, 0.15) is 5.82 Å². The van der Waals surface area contributed by atoms with Gasteiger partial charge in [-0.2, -0.15) is 0 Å². The van der Waals surface area contributed by atoms with Gasteiger partial charge in [0.25, 0.3) is 0 Å². The summed E-state index contributed by atoms with van der Waals surface area (Å²) in [5.74, 6) is -0.166. The quantitative estimate of drug-likeness (QED) is 0.758. The van der Waals surface area contributed by atoms with Gasteiger partial charge in [-0.25, -0.2) is 4.39 Å². The number of aromatic nitrogens is 1. The van der Waals surface area contributed by atoms with Crippen molar-refractivity contribution < 1.29 is 4.39 Å². The van der Waals surface area contributed by atoms with Crippen LogP contribution < -0.4 is 0 Å². The molecule has 0 fully saturated rings. The van der Waals surface area contributed by atoms with Crippen molar-refractivity contribution in [3.63, 3.8) is 0 Å². The molecule has 0 amide bonds. The van der Waals surface area contributed by atoms with Crippen molar-refractivity contribution in [3.05, 3.63) is 59.2 Å². The van der Waals surface area contributed by atoms with E-state index in [1.807, 2.05) is 25.1 Å². The highest BCUT2D eigenvalue weighted by molar-refractivity contribution is 5.66. The van der Waals surface area contributed by atoms with Crippen molar-refractivity contribution in [2.45, 2.75) is 27.2 Å². The minimum absolute atomic E-state index is 0.166. The van der Waals surface area contributed by atoms with E-state index in [0.717, 1.165) is 23.2 Å². The maximum absolute atomic E-state index is 14.1. The topological polar surface area (TPSA) is 12.9 Å². The van der Waals surface area contributed by atoms with Crippen LogP contribution in [0, 0.1) is 19.7 Å². The molecule has 0 aliphatic heterocycles. The van der Waals surface area contributed by atoms with Crippen LogP contribution in [0.2, 0.25) is 0 Å². The van der Waals surface area contributed by atoms with Gasteiger partial charge in [-0.05, 0) is 43.5 Å². The summed E-state index contributed by atoms with van der Waals surface area (Å²) in [6.45, 7) is 5.86. The standard InChI is InChI=1S/C17H18FN/c1-4-5-9-16-13(3)10-14(11-19-16)15-8-6-7-12(2)17(15)18/h5-11H,4H2,1-3H3/b9-5-. The second-order valence-electron chi connectivity index (χ2n) is 4.67. The predicted octanol–water partition coefficient (Wildman–Crippen LogP) is 4.93. The van der Waals surface area contributed by atoms with E-state index in [4.69, 9.17) is 0 Å². The number of nitrogens with zero attached hydrogens (tertiary/aromatic N) is 1. The van der Waals surface area contributed by atoms with Gasteiger partial charge in [0.05, 0.1) is 5.69 Å². The summed E-state index contributed by atoms with van der Waals surface area (Å²) in [7, 11) is 0. The number of allylic oxidation sites excluding steroid dienone is 1. The molecule has 1 heterocycles. The highest BCUT2D eigenvalue weighted by Gasteiger charge is 2.08. The first-order valence-corrected chi connectivity index (χ1v) is 6.52. The van der Waals surface area contributed by atoms with Crippen molar-refractivity contribution in [1.82, 2.24) is 4.98 Å². The van der Waals surface area contributed by atoms with Crippen LogP contribution in [0.3, 0.4) is 0 Å². The second kappa shape index (κ2) is 5.79. The van der Waals surface area contributed by atoms with Gasteiger partial charge in [0.15, 0.2) is 0 Å². The molecule has 0 N–H and O–H groups in total. The highest BCUT2D eigenvalue weighted by atomic mass is 19.1. The molecule has 1 nitrogen and oxygen atoms in total. The number of benzene rings is 1. The molecule has 0 aliphatic carbocycles. The lowest BCUT2D eigenvalue weighted by Crippen LogP contribution is -1.92. The molecule has 1 aromatic heterocycles. The molecule has 1 aromatic carbocycles. The lowest BCUT2D eigenvalue weighted by molar-refractivity contribution is 0.622. The Bertz CT molecular complexity index is 615. The fraction of sp³-hybridized carbons (Fsp3) is 0.235. The Morgan fingerprint density at radius 1 is 1.21 bits per heavy atom. The fourth-order valence-electron chi connectivity index (χ4n) is 2.01. The zero-order valence-corrected chi connectivity index (χ0v) is 11.6. The molecular formula is C17H18FN. The SMILES string of the molecule is CC/C=C\c1ncc(-c2cccc(C)c2F)cc1C. The number of halogens is 1. The Kier molecular flexibility index (Phi) is 4.10. The molecule has 2 heteroatoms. The molecule has 0 unspecified atom stereocenters. The number of pyridine rings is 1. The second-order valence-corrected chi connectivity index (χ2v) is 4.67. The van der Waals surface area contributed by atoms with E-state index in [-0.39, 0.29) is 5.82 Å². The summed E-state index contributed by atoms with van der Waals surface area (Å²) >= 11 is 0. The predicted molar refractivity (Wildman–Crippen MR) is 78.4 cm³/mol. The fourth-order valence-corrected chi connectivity index (χ4v) is 2.01. The molecule has 0 radical (unpaired) electrons. The molecule has 0 atom stereocenters. The number of hydrogen-bond acceptors (Lipinski definition) is 1. The van der Waals surface area contributed by atoms with Gasteiger partial charge in [0.2, 0.25) is 0 Å². The Morgan fingerprint density at radius 2 is 2.00 bits per heavy atom. The van der Waals surface area contributed by atoms with Crippen LogP contribution in [0.15, 0.2) is 36.5 Å². The molecule has 0 saturated carbocycles. The zero-order chi connectivity index (χ0) is 13.8. The van der Waals surface area contributed by atoms with Crippen LogP contribution in [0.25, 0.3) is 17.2 Å². The third kappa shape index (κ3) is 2.90. The third-order valence-electron chi connectivity index (χ3n) is 3.13. The van der Waals surface area contributed by atoms with E-state index >= 15 is 0 Å². The summed E-state index contributed by atoms with van der Waals surface area (Å²) in [6.07, 6.45) is 6.80. The summed E-state index contributed by atoms with van der Waals surface area (Å²) < 4.78 is 14.1. The van der Waals surface area contributed by atoms with E-state index in [0.29, 0.717) is 11.1 Å². The average molecular weight is 255 g/mol. The Labute approximate surface area is 113 Å². The molecule has 0 saturated heterocycles. The first-order valence-electron chi connectivity index (χ1n) is 6.52. The summed E-state index contributed by atoms with van der Waals surface area (Å²) in [4.78, 5) is 4.41. The minimum Gasteiger partial charge on any atom is -0.256 e. The molecule has 2 aromatic rings. The van der Waals surface area contributed by atoms with Crippen LogP contribution in [0.5, 0.6) is 0 Å². The van der Waals surface area contributed by atoms with Crippen LogP contribution in [-0.4, -0.2) is 4.98 Å². The summed E-state index contributed by atoms with van der Waals surface area (Å²) in [6, 6.07) is 7.42. The molecule has 2 rings (SSSR count). The first kappa shape index (κ1) is 13.5. The van der Waals surface area contributed by atoms with Gasteiger partial charge in [-0.3, -0.25) is 4.98 Å². The van der Waals surface area contributed by atoms with Crippen LogP contribution in [0.4, 0.5) is 4.39 Å². The molecule has 0 spiro atoms. The Balaban J connectivity index is 2.45. The van der Waals surface area contributed by atoms with E-state index < -0.39 is 0 Å². The summed E-state index contributed by atoms with van der Waals surface area (Å²) in [5, 5.41) is 0. The van der Waals surface area contributed by atoms with Crippen molar-refractivity contribution >= 4 is 6.08 Å². The normalized spacial score (nSPS) is 11.2. The van der Waals surface area contributed by atoms with Gasteiger partial charge in [-0.1, -0.05) is 31.2 Å². The number of hydrogen-bond donors (Lipinski definition) is 0. The van der Waals surface area contributed by atoms with Crippen LogP contribution >= 0.6 is 0 Å². The van der Waals surface area contributed by atoms with E-state index in [9.17, 15) is 4.39 Å². The van der Waals surface area contributed by atoms with Gasteiger partial charge in [-0.15, -0.1) is 0 Å². The smallest absolute Gasteiger partial charge is 0.133 e. The van der Waals surface area contributed by atoms with Gasteiger partial charge >= 0.3 is 0 Å². The maximum Gasteiger partial charge on any atom is 0.133 e. The molecule has 0 bridgehead atoms. The van der Waals surface area contributed by atoms with Crippen molar-refractivity contribution in [3.8, 4) is 11.1 Å². The van der Waals surface area contributed by atoms with Crippen molar-refractivity contribution in [2.75, 3.05) is 0 Å². The Morgan fingerprint density at radius 3 is 2.68 bits per heavy atom. The van der Waals surface area contributed by atoms with E-state index in [1.54, 1.807) is 25.3 Å². The molecule has 98 valence electrons. The molecule has 0 aliphatic rings. The largest absolute Gasteiger partial charge is 0.256 e. The maximum atomic E-state index is 14.1. The lowest BCUT2D eigenvalue weighted by atomic mass is 10.0. The number of aryl methyl sites for hydroxylation is 2. The zero-order valence-electron chi connectivity index (χ0n) is 11.6. The lowest BCUT2D eigenvalue weighted by Gasteiger charge is -2.08. The van der Waals surface area contributed by atoms with Gasteiger partial charge < -0.3 is 0 Å². The number of rotatable bonds is 3. The summed E-state index contributed by atoms with van der Waals surface area (Å²) in [5.41, 5.74) is 4.10. The third-order valence-corrected chi connectivity index (χ3v) is 3.13. The highest BCUT2D eigenvalue weighted by Crippen LogP contribution is 2.25. The monoisotopic (exact) mass is 255 g/mol. The molecule has 19 heavy (non-hydrogen) atoms. The van der Waals surface area contributed by atoms with E-state index in [2.05, 4.69) is 18.0 Å². The Hall–Kier alpha value is -1.96. The van der Waals surface area contributed by atoms with Crippen LogP contribution in [0.1, 0.15) is 30.2 Å². The van der Waals surface area contributed by atoms with Gasteiger partial charge in [0, 0.05) is 17.3 Å². The first-order chi connectivity index (χ1) is 9.13. The minimum atomic E-state index is -0.166. The average Bonchev–Trinajstić information content (AvgIpc) is 2.40. The van der Waals surface area contributed by atoms with Crippen molar-refractivity contribution in [2.24, 2.45) is 0 Å². The molecular weight excluding hydrogens is 237 g/mol. The van der Waals surface area contributed by atoms with E-state index in [1.165, 1.54) is 0 Å².